The van der Waals surface area contributed by atoms with Crippen LogP contribution in [0.25, 0.3) is 33.4 Å². The van der Waals surface area contributed by atoms with Crippen molar-refractivity contribution in [2.24, 2.45) is 0 Å². The summed E-state index contributed by atoms with van der Waals surface area (Å²) in [5.41, 5.74) is 7.07. The Balaban J connectivity index is 1.11. The molecule has 0 radical (unpaired) electrons. The first-order valence-corrected chi connectivity index (χ1v) is 20.9. The number of rotatable bonds is 11. The average molecular weight is 835 g/mol. The van der Waals surface area contributed by atoms with Crippen molar-refractivity contribution >= 4 is 60.4 Å². The van der Waals surface area contributed by atoms with E-state index in [4.69, 9.17) is 15.6 Å². The topological polar surface area (TPSA) is 258 Å². The summed E-state index contributed by atoms with van der Waals surface area (Å²) in [5.74, 6) is 3.46. The van der Waals surface area contributed by atoms with Crippen LogP contribution in [0.15, 0.2) is 105 Å². The van der Waals surface area contributed by atoms with Crippen LogP contribution in [0, 0.1) is 17.3 Å². The van der Waals surface area contributed by atoms with Gasteiger partial charge < -0.3 is 25.5 Å². The van der Waals surface area contributed by atoms with Crippen LogP contribution in [-0.2, 0) is 31.6 Å². The van der Waals surface area contributed by atoms with Crippen LogP contribution in [0.2, 0.25) is 0 Å². The largest absolute Gasteiger partial charge is 0.478 e. The van der Waals surface area contributed by atoms with E-state index in [1.165, 1.54) is 24.3 Å². The van der Waals surface area contributed by atoms with Gasteiger partial charge in [0.1, 0.15) is 0 Å². The standard InChI is InChI=1S/C42H34N4O11S2/c43-32-19-17-29-36(30-18-20-33(44)40(59(54,55)56)38(30)57-37(29)39(32)58(51,52)53)28-16-15-26(22-31(28)42(49)50)41(48)45-21-7-1-2-12-35(47)46-23-27-10-4-3-8-24(27)13-14-25-9-5-6-11-34(25)46/h3-6,8-11,15-20,22,43H,1-2,7,12,21,23,44H2,(H,45,48)(H,49,50)(H,51,52,53)(H,54,55,56). The van der Waals surface area contributed by atoms with Crippen molar-refractivity contribution in [2.45, 2.75) is 42.0 Å². The summed E-state index contributed by atoms with van der Waals surface area (Å²) in [4.78, 5) is 39.3. The fourth-order valence-electron chi connectivity index (χ4n) is 7.10. The molecule has 0 saturated carbocycles. The Morgan fingerprint density at radius 3 is 2.22 bits per heavy atom. The number of nitrogens with two attached hydrogens (primary N) is 1. The number of aromatic carboxylic acids is 1. The highest BCUT2D eigenvalue weighted by Crippen LogP contribution is 2.45. The van der Waals surface area contributed by atoms with Crippen molar-refractivity contribution in [3.63, 3.8) is 0 Å². The minimum Gasteiger partial charge on any atom is -0.478 e. The maximum atomic E-state index is 13.5. The molecule has 3 aliphatic rings. The molecule has 0 saturated heterocycles. The Bertz CT molecular complexity index is 3060. The predicted molar refractivity (Wildman–Crippen MR) is 216 cm³/mol. The number of carbonyl (C=O) groups excluding carboxylic acids is 2. The zero-order valence-corrected chi connectivity index (χ0v) is 32.5. The van der Waals surface area contributed by atoms with Crippen molar-refractivity contribution in [3.05, 3.63) is 124 Å². The number of para-hydroxylation sites is 1. The van der Waals surface area contributed by atoms with Crippen LogP contribution < -0.4 is 21.3 Å². The molecule has 2 aliphatic heterocycles. The smallest absolute Gasteiger partial charge is 0.336 e. The molecule has 0 bridgehead atoms. The molecule has 1 aliphatic carbocycles. The lowest BCUT2D eigenvalue weighted by Crippen LogP contribution is -2.31. The quantitative estimate of drug-likeness (QED) is 0.0302. The van der Waals surface area contributed by atoms with Gasteiger partial charge in [-0.15, -0.1) is 0 Å². The summed E-state index contributed by atoms with van der Waals surface area (Å²) in [6.07, 6.45) is 1.89. The fourth-order valence-corrected chi connectivity index (χ4v) is 8.59. The van der Waals surface area contributed by atoms with E-state index in [2.05, 4.69) is 17.2 Å². The van der Waals surface area contributed by atoms with Gasteiger partial charge in [0.25, 0.3) is 26.1 Å². The molecule has 15 nitrogen and oxygen atoms in total. The van der Waals surface area contributed by atoms with Crippen LogP contribution in [-0.4, -0.2) is 55.4 Å². The number of carboxylic acids is 1. The summed E-state index contributed by atoms with van der Waals surface area (Å²) in [5, 5.41) is 20.4. The van der Waals surface area contributed by atoms with Gasteiger partial charge in [0.15, 0.2) is 21.1 Å². The van der Waals surface area contributed by atoms with E-state index in [1.54, 1.807) is 4.90 Å². The monoisotopic (exact) mass is 834 g/mol. The SMILES string of the molecule is N=c1ccc2c(-c3ccc(C(=O)NCCCCCC(=O)N4Cc5ccccc5C#Cc5ccccc54)cc3C(=O)O)c3ccc(N)c(S(=O)(=O)O)c3oc-2c1S(=O)(=O)O. The molecular weight excluding hydrogens is 801 g/mol. The number of hydrogen-bond acceptors (Lipinski definition) is 10. The molecular formula is C42H34N4O11S2. The molecule has 2 amide bonds. The number of nitrogens with zero attached hydrogens (tertiary/aromatic N) is 1. The summed E-state index contributed by atoms with van der Waals surface area (Å²) in [6.45, 7) is 0.577. The minimum absolute atomic E-state index is 0.0513. The molecule has 0 fully saturated rings. The Labute approximate surface area is 337 Å². The van der Waals surface area contributed by atoms with E-state index >= 15 is 0 Å². The van der Waals surface area contributed by atoms with Crippen LogP contribution in [0.3, 0.4) is 0 Å². The molecule has 4 aromatic rings. The van der Waals surface area contributed by atoms with E-state index in [0.29, 0.717) is 25.8 Å². The molecule has 0 unspecified atom stereocenters. The van der Waals surface area contributed by atoms with Gasteiger partial charge in [0.05, 0.1) is 28.8 Å². The van der Waals surface area contributed by atoms with Crippen LogP contribution in [0.1, 0.15) is 63.1 Å². The van der Waals surface area contributed by atoms with Gasteiger partial charge in [0, 0.05) is 46.2 Å². The number of fused-ring (bicyclic) bond motifs is 4. The molecule has 59 heavy (non-hydrogen) atoms. The molecule has 7 rings (SSSR count). The predicted octanol–water partition coefficient (Wildman–Crippen LogP) is 5.69. The zero-order chi connectivity index (χ0) is 42.2. The maximum Gasteiger partial charge on any atom is 0.336 e. The Morgan fingerprint density at radius 2 is 1.49 bits per heavy atom. The van der Waals surface area contributed by atoms with Crippen LogP contribution in [0.5, 0.6) is 0 Å². The number of amides is 2. The summed E-state index contributed by atoms with van der Waals surface area (Å²) >= 11 is 0. The first-order chi connectivity index (χ1) is 28.0. The third-order valence-electron chi connectivity index (χ3n) is 9.82. The third-order valence-corrected chi connectivity index (χ3v) is 11.7. The minimum atomic E-state index is -5.20. The third kappa shape index (κ3) is 8.02. The van der Waals surface area contributed by atoms with Gasteiger partial charge in [-0.05, 0) is 78.6 Å². The number of carboxylic acid groups (broad SMARTS) is 1. The lowest BCUT2D eigenvalue weighted by atomic mass is 9.89. The first kappa shape index (κ1) is 40.4. The van der Waals surface area contributed by atoms with E-state index in [0.717, 1.165) is 40.6 Å². The highest BCUT2D eigenvalue weighted by Gasteiger charge is 2.32. The first-order valence-electron chi connectivity index (χ1n) is 18.0. The van der Waals surface area contributed by atoms with Crippen molar-refractivity contribution in [1.29, 1.82) is 5.41 Å². The van der Waals surface area contributed by atoms with Crippen molar-refractivity contribution in [1.82, 2.24) is 5.32 Å². The number of carbonyl (C=O) groups is 3. The van der Waals surface area contributed by atoms with E-state index in [9.17, 15) is 45.4 Å². The number of benzene rings is 5. The number of nitrogen functional groups attached to an aromatic ring is 1. The molecule has 0 spiro atoms. The summed E-state index contributed by atoms with van der Waals surface area (Å²) in [6, 6.07) is 23.4. The molecule has 0 atom stereocenters. The van der Waals surface area contributed by atoms with Gasteiger partial charge in [-0.2, -0.15) is 16.8 Å². The second-order valence-electron chi connectivity index (χ2n) is 13.6. The van der Waals surface area contributed by atoms with E-state index in [-0.39, 0.29) is 46.5 Å². The Morgan fingerprint density at radius 1 is 0.814 bits per heavy atom. The van der Waals surface area contributed by atoms with E-state index in [1.807, 2.05) is 48.5 Å². The second-order valence-corrected chi connectivity index (χ2v) is 16.4. The Kier molecular flexibility index (Phi) is 10.8. The Hall–Kier alpha value is -6.84. The second kappa shape index (κ2) is 15.8. The number of nitrogens with one attached hydrogen (secondary N) is 2. The summed E-state index contributed by atoms with van der Waals surface area (Å²) in [7, 11) is -10.3. The molecule has 2 heterocycles. The van der Waals surface area contributed by atoms with Gasteiger partial charge in [-0.3, -0.25) is 24.1 Å². The van der Waals surface area contributed by atoms with E-state index < -0.39 is 69.9 Å². The normalized spacial score (nSPS) is 12.5. The fraction of sp³-hybridized carbons (Fsp3) is 0.143. The van der Waals surface area contributed by atoms with Gasteiger partial charge in [0.2, 0.25) is 5.91 Å². The van der Waals surface area contributed by atoms with Crippen molar-refractivity contribution in [2.75, 3.05) is 17.2 Å². The van der Waals surface area contributed by atoms with Crippen LogP contribution in [0.4, 0.5) is 11.4 Å². The lowest BCUT2D eigenvalue weighted by molar-refractivity contribution is -0.118. The molecule has 17 heteroatoms. The maximum absolute atomic E-state index is 13.5. The van der Waals surface area contributed by atoms with Gasteiger partial charge >= 0.3 is 5.97 Å². The van der Waals surface area contributed by atoms with Crippen molar-refractivity contribution < 1.29 is 49.8 Å². The average Bonchev–Trinajstić information content (AvgIpc) is 3.17. The summed E-state index contributed by atoms with van der Waals surface area (Å²) < 4.78 is 75.7. The number of anilines is 2. The molecule has 7 N–H and O–H groups in total. The van der Waals surface area contributed by atoms with Crippen LogP contribution >= 0.6 is 0 Å². The molecule has 300 valence electrons. The highest BCUT2D eigenvalue weighted by atomic mass is 32.2. The highest BCUT2D eigenvalue weighted by molar-refractivity contribution is 7.86. The van der Waals surface area contributed by atoms with Gasteiger partial charge in [-0.1, -0.05) is 54.7 Å². The van der Waals surface area contributed by atoms with Gasteiger partial charge in [-0.25, -0.2) is 4.79 Å². The number of hydrogen-bond donors (Lipinski definition) is 6. The zero-order valence-electron chi connectivity index (χ0n) is 30.9. The lowest BCUT2D eigenvalue weighted by Gasteiger charge is -2.26. The molecule has 4 aromatic carbocycles. The van der Waals surface area contributed by atoms with Crippen molar-refractivity contribution in [3.8, 4) is 34.3 Å². The molecule has 0 aromatic heterocycles. The number of unbranched alkanes of at least 4 members (excludes halogenated alkanes) is 2.